The molecule has 1 rings (SSSR count). The number of ether oxygens (including phenoxy) is 1. The van der Waals surface area contributed by atoms with E-state index in [9.17, 15) is 4.79 Å². The molecule has 0 aromatic heterocycles. The van der Waals surface area contributed by atoms with Crippen LogP contribution >= 0.6 is 0 Å². The first kappa shape index (κ1) is 13.5. The quantitative estimate of drug-likeness (QED) is 0.588. The van der Waals surface area contributed by atoms with E-state index in [2.05, 4.69) is 19.2 Å². The Morgan fingerprint density at radius 3 is 2.69 bits per heavy atom. The molecule has 0 spiro atoms. The maximum atomic E-state index is 10.9. The van der Waals surface area contributed by atoms with Crippen molar-refractivity contribution < 1.29 is 14.6 Å². The number of carboxylic acid groups (broad SMARTS) is 1. The summed E-state index contributed by atoms with van der Waals surface area (Å²) in [5.41, 5.74) is 0. The van der Waals surface area contributed by atoms with Gasteiger partial charge in [0.2, 0.25) is 0 Å². The summed E-state index contributed by atoms with van der Waals surface area (Å²) < 4.78 is 5.43. The van der Waals surface area contributed by atoms with E-state index >= 15 is 0 Å². The van der Waals surface area contributed by atoms with Crippen LogP contribution in [0.15, 0.2) is 0 Å². The summed E-state index contributed by atoms with van der Waals surface area (Å²) >= 11 is 0. The summed E-state index contributed by atoms with van der Waals surface area (Å²) in [6, 6.07) is -0.343. The van der Waals surface area contributed by atoms with Gasteiger partial charge in [-0.2, -0.15) is 0 Å². The third-order valence-corrected chi connectivity index (χ3v) is 2.64. The minimum Gasteiger partial charge on any atom is -0.480 e. The molecule has 0 aromatic carbocycles. The summed E-state index contributed by atoms with van der Waals surface area (Å²) in [7, 11) is 0. The average Bonchev–Trinajstić information content (AvgIpc) is 2.99. The molecular weight excluding hydrogens is 206 g/mol. The van der Waals surface area contributed by atoms with Crippen LogP contribution in [-0.4, -0.2) is 36.9 Å². The summed E-state index contributed by atoms with van der Waals surface area (Å²) in [6.45, 7) is 6.45. The van der Waals surface area contributed by atoms with Crippen LogP contribution in [0.2, 0.25) is 0 Å². The molecule has 0 saturated heterocycles. The van der Waals surface area contributed by atoms with Crippen LogP contribution < -0.4 is 5.32 Å². The lowest BCUT2D eigenvalue weighted by atomic mass is 10.2. The highest BCUT2D eigenvalue weighted by atomic mass is 16.5. The third kappa shape index (κ3) is 5.47. The minimum atomic E-state index is -0.717. The lowest BCUT2D eigenvalue weighted by molar-refractivity contribution is -0.140. The Kier molecular flexibility index (Phi) is 5.77. The molecule has 1 atom stereocenters. The number of rotatable bonds is 9. The smallest absolute Gasteiger partial charge is 0.320 e. The Bertz CT molecular complexity index is 214. The SMILES string of the molecule is CC(C)COCCCNC(C(=O)O)C1CC1. The second kappa shape index (κ2) is 6.86. The van der Waals surface area contributed by atoms with E-state index in [1.165, 1.54) is 0 Å². The highest BCUT2D eigenvalue weighted by Crippen LogP contribution is 2.32. The zero-order valence-electron chi connectivity index (χ0n) is 10.2. The van der Waals surface area contributed by atoms with Gasteiger partial charge in [0, 0.05) is 13.2 Å². The van der Waals surface area contributed by atoms with Crippen LogP contribution in [-0.2, 0) is 9.53 Å². The third-order valence-electron chi connectivity index (χ3n) is 2.64. The molecule has 16 heavy (non-hydrogen) atoms. The number of nitrogens with one attached hydrogen (secondary N) is 1. The molecule has 0 aliphatic heterocycles. The number of carboxylic acids is 1. The minimum absolute atomic E-state index is 0.343. The van der Waals surface area contributed by atoms with E-state index in [4.69, 9.17) is 9.84 Å². The zero-order valence-corrected chi connectivity index (χ0v) is 10.2. The average molecular weight is 229 g/mol. The van der Waals surface area contributed by atoms with Crippen molar-refractivity contribution >= 4 is 5.97 Å². The van der Waals surface area contributed by atoms with Crippen LogP contribution in [0.4, 0.5) is 0 Å². The van der Waals surface area contributed by atoms with Crippen LogP contribution in [0.1, 0.15) is 33.1 Å². The lowest BCUT2D eigenvalue weighted by Gasteiger charge is -2.13. The van der Waals surface area contributed by atoms with Crippen LogP contribution in [0.25, 0.3) is 0 Å². The van der Waals surface area contributed by atoms with E-state index in [0.29, 0.717) is 18.4 Å². The largest absolute Gasteiger partial charge is 0.480 e. The van der Waals surface area contributed by atoms with Crippen molar-refractivity contribution in [3.05, 3.63) is 0 Å². The highest BCUT2D eigenvalue weighted by Gasteiger charge is 2.35. The molecule has 0 bridgehead atoms. The molecule has 2 N–H and O–H groups in total. The zero-order chi connectivity index (χ0) is 12.0. The lowest BCUT2D eigenvalue weighted by Crippen LogP contribution is -2.39. The van der Waals surface area contributed by atoms with Gasteiger partial charge >= 0.3 is 5.97 Å². The van der Waals surface area contributed by atoms with Crippen molar-refractivity contribution in [2.75, 3.05) is 19.8 Å². The van der Waals surface area contributed by atoms with E-state index in [1.54, 1.807) is 0 Å². The Morgan fingerprint density at radius 1 is 1.50 bits per heavy atom. The van der Waals surface area contributed by atoms with Gasteiger partial charge in [0.05, 0.1) is 0 Å². The van der Waals surface area contributed by atoms with Crippen molar-refractivity contribution in [3.8, 4) is 0 Å². The van der Waals surface area contributed by atoms with Gasteiger partial charge in [-0.3, -0.25) is 4.79 Å². The molecule has 1 fully saturated rings. The summed E-state index contributed by atoms with van der Waals surface area (Å²) in [4.78, 5) is 10.9. The normalized spacial score (nSPS) is 17.7. The first-order valence-corrected chi connectivity index (χ1v) is 6.15. The molecule has 0 amide bonds. The number of aliphatic carboxylic acids is 1. The number of hydrogen-bond donors (Lipinski definition) is 2. The van der Waals surface area contributed by atoms with Crippen LogP contribution in [0.5, 0.6) is 0 Å². The fourth-order valence-corrected chi connectivity index (χ4v) is 1.64. The molecule has 0 radical (unpaired) electrons. The van der Waals surface area contributed by atoms with Gasteiger partial charge in [-0.15, -0.1) is 0 Å². The predicted molar refractivity (Wildman–Crippen MR) is 62.4 cm³/mol. The standard InChI is InChI=1S/C12H23NO3/c1-9(2)8-16-7-3-6-13-11(12(14)15)10-4-5-10/h9-11,13H,3-8H2,1-2H3,(H,14,15). The van der Waals surface area contributed by atoms with Crippen molar-refractivity contribution in [1.82, 2.24) is 5.32 Å². The van der Waals surface area contributed by atoms with Gasteiger partial charge < -0.3 is 15.2 Å². The first-order chi connectivity index (χ1) is 7.61. The molecular formula is C12H23NO3. The molecule has 94 valence electrons. The van der Waals surface area contributed by atoms with E-state index in [-0.39, 0.29) is 6.04 Å². The van der Waals surface area contributed by atoms with E-state index in [0.717, 1.165) is 32.4 Å². The van der Waals surface area contributed by atoms with Crippen molar-refractivity contribution in [2.45, 2.75) is 39.2 Å². The van der Waals surface area contributed by atoms with E-state index < -0.39 is 5.97 Å². The maximum absolute atomic E-state index is 10.9. The molecule has 1 saturated carbocycles. The molecule has 0 heterocycles. The van der Waals surface area contributed by atoms with Gasteiger partial charge in [-0.25, -0.2) is 0 Å². The Morgan fingerprint density at radius 2 is 2.19 bits per heavy atom. The van der Waals surface area contributed by atoms with Gasteiger partial charge in [-0.05, 0) is 37.6 Å². The summed E-state index contributed by atoms with van der Waals surface area (Å²) in [5.74, 6) is 0.200. The van der Waals surface area contributed by atoms with Crippen LogP contribution in [0.3, 0.4) is 0 Å². The summed E-state index contributed by atoms with van der Waals surface area (Å²) in [5, 5.41) is 12.1. The number of hydrogen-bond acceptors (Lipinski definition) is 3. The highest BCUT2D eigenvalue weighted by molar-refractivity contribution is 5.74. The van der Waals surface area contributed by atoms with Crippen molar-refractivity contribution in [3.63, 3.8) is 0 Å². The maximum Gasteiger partial charge on any atom is 0.320 e. The fraction of sp³-hybridized carbons (Fsp3) is 0.917. The fourth-order valence-electron chi connectivity index (χ4n) is 1.64. The van der Waals surface area contributed by atoms with Gasteiger partial charge in [0.1, 0.15) is 6.04 Å². The van der Waals surface area contributed by atoms with Gasteiger partial charge in [0.15, 0.2) is 0 Å². The Hall–Kier alpha value is -0.610. The summed E-state index contributed by atoms with van der Waals surface area (Å²) in [6.07, 6.45) is 2.98. The molecule has 4 heteroatoms. The predicted octanol–water partition coefficient (Wildman–Crippen LogP) is 1.50. The van der Waals surface area contributed by atoms with Crippen LogP contribution in [0, 0.1) is 11.8 Å². The van der Waals surface area contributed by atoms with Gasteiger partial charge in [-0.1, -0.05) is 13.8 Å². The second-order valence-electron chi connectivity index (χ2n) is 4.93. The Balaban J connectivity index is 1.98. The molecule has 1 unspecified atom stereocenters. The molecule has 1 aliphatic rings. The molecule has 0 aromatic rings. The van der Waals surface area contributed by atoms with Crippen molar-refractivity contribution in [1.29, 1.82) is 0 Å². The topological polar surface area (TPSA) is 58.6 Å². The molecule has 4 nitrogen and oxygen atoms in total. The van der Waals surface area contributed by atoms with E-state index in [1.807, 2.05) is 0 Å². The number of carbonyl (C=O) groups is 1. The van der Waals surface area contributed by atoms with Gasteiger partial charge in [0.25, 0.3) is 0 Å². The Labute approximate surface area is 97.4 Å². The monoisotopic (exact) mass is 229 g/mol. The first-order valence-electron chi connectivity index (χ1n) is 6.15. The molecule has 1 aliphatic carbocycles. The van der Waals surface area contributed by atoms with Crippen molar-refractivity contribution in [2.24, 2.45) is 11.8 Å². The second-order valence-corrected chi connectivity index (χ2v) is 4.93.